The lowest BCUT2D eigenvalue weighted by Gasteiger charge is -2.30. The second kappa shape index (κ2) is 8.02. The number of unbranched alkanes of at least 4 members (excludes halogenated alkanes) is 1. The zero-order valence-electron chi connectivity index (χ0n) is 14.3. The molecule has 118 valence electrons. The van der Waals surface area contributed by atoms with Crippen LogP contribution in [-0.2, 0) is 4.79 Å². The van der Waals surface area contributed by atoms with Crippen LogP contribution in [0.15, 0.2) is 0 Å². The Morgan fingerprint density at radius 3 is 2.25 bits per heavy atom. The Kier molecular flexibility index (Phi) is 7.01. The molecule has 1 saturated heterocycles. The lowest BCUT2D eigenvalue weighted by molar-refractivity contribution is -0.131. The maximum Gasteiger partial charge on any atom is 0.241 e. The molecule has 0 aromatic rings. The summed E-state index contributed by atoms with van der Waals surface area (Å²) in [7, 11) is 0. The van der Waals surface area contributed by atoms with Gasteiger partial charge in [0.15, 0.2) is 0 Å². The summed E-state index contributed by atoms with van der Waals surface area (Å²) in [5.74, 6) is 1.79. The molecular formula is C17H34N2O. The van der Waals surface area contributed by atoms with E-state index < -0.39 is 0 Å². The average Bonchev–Trinajstić information content (AvgIpc) is 2.72. The molecule has 0 aliphatic carbocycles. The van der Waals surface area contributed by atoms with Gasteiger partial charge in [-0.3, -0.25) is 10.1 Å². The van der Waals surface area contributed by atoms with Gasteiger partial charge in [-0.1, -0.05) is 60.8 Å². The second-order valence-corrected chi connectivity index (χ2v) is 6.98. The molecule has 0 spiro atoms. The van der Waals surface area contributed by atoms with Gasteiger partial charge >= 0.3 is 0 Å². The van der Waals surface area contributed by atoms with Crippen LogP contribution in [0.25, 0.3) is 0 Å². The summed E-state index contributed by atoms with van der Waals surface area (Å²) in [6, 6.07) is 0.00563. The second-order valence-electron chi connectivity index (χ2n) is 6.98. The van der Waals surface area contributed by atoms with E-state index in [1.165, 1.54) is 25.7 Å². The molecular weight excluding hydrogens is 248 g/mol. The van der Waals surface area contributed by atoms with Crippen molar-refractivity contribution in [3.8, 4) is 0 Å². The third-order valence-electron chi connectivity index (χ3n) is 4.53. The van der Waals surface area contributed by atoms with Crippen LogP contribution < -0.4 is 5.32 Å². The van der Waals surface area contributed by atoms with E-state index in [0.29, 0.717) is 23.7 Å². The summed E-state index contributed by atoms with van der Waals surface area (Å²) in [6.07, 6.45) is 5.14. The van der Waals surface area contributed by atoms with Gasteiger partial charge in [-0.25, -0.2) is 0 Å². The number of hydrogen-bond donors (Lipinski definition) is 1. The molecule has 1 rings (SSSR count). The van der Waals surface area contributed by atoms with Crippen LogP contribution in [0.2, 0.25) is 0 Å². The van der Waals surface area contributed by atoms with Crippen LogP contribution in [-0.4, -0.2) is 29.6 Å². The van der Waals surface area contributed by atoms with Gasteiger partial charge in [0.1, 0.15) is 0 Å². The van der Waals surface area contributed by atoms with Crippen molar-refractivity contribution in [3.05, 3.63) is 0 Å². The van der Waals surface area contributed by atoms with Crippen molar-refractivity contribution >= 4 is 5.91 Å². The number of nitrogens with one attached hydrogen (secondary N) is 1. The van der Waals surface area contributed by atoms with Gasteiger partial charge in [0.05, 0.1) is 12.2 Å². The SMILES string of the molecule is CCCCC(CC)CN1C(=O)C(C(C)C)NC1C(C)C. The van der Waals surface area contributed by atoms with Crippen molar-refractivity contribution in [3.63, 3.8) is 0 Å². The van der Waals surface area contributed by atoms with Crippen LogP contribution >= 0.6 is 0 Å². The van der Waals surface area contributed by atoms with Crippen molar-refractivity contribution < 1.29 is 4.79 Å². The Hall–Kier alpha value is -0.570. The number of carbonyl (C=O) groups is 1. The molecule has 3 nitrogen and oxygen atoms in total. The van der Waals surface area contributed by atoms with Crippen LogP contribution in [0.5, 0.6) is 0 Å². The smallest absolute Gasteiger partial charge is 0.241 e. The summed E-state index contributed by atoms with van der Waals surface area (Å²) in [5, 5.41) is 3.55. The fourth-order valence-corrected chi connectivity index (χ4v) is 3.09. The molecule has 1 heterocycles. The maximum absolute atomic E-state index is 12.7. The zero-order valence-corrected chi connectivity index (χ0v) is 14.3. The first-order valence-corrected chi connectivity index (χ1v) is 8.48. The highest BCUT2D eigenvalue weighted by molar-refractivity contribution is 5.84. The van der Waals surface area contributed by atoms with Crippen molar-refractivity contribution in [1.82, 2.24) is 10.2 Å². The Balaban J connectivity index is 2.75. The summed E-state index contributed by atoms with van der Waals surface area (Å²) < 4.78 is 0. The minimum Gasteiger partial charge on any atom is -0.325 e. The minimum atomic E-state index is 0.00563. The van der Waals surface area contributed by atoms with E-state index in [9.17, 15) is 4.79 Å². The molecule has 1 aliphatic rings. The van der Waals surface area contributed by atoms with E-state index in [2.05, 4.69) is 51.8 Å². The highest BCUT2D eigenvalue weighted by atomic mass is 16.2. The van der Waals surface area contributed by atoms with Crippen LogP contribution in [0.1, 0.15) is 67.2 Å². The van der Waals surface area contributed by atoms with E-state index in [1.807, 2.05) is 0 Å². The standard InChI is InChI=1S/C17H34N2O/c1-7-9-10-14(8-2)11-19-16(13(5)6)18-15(12(3)4)17(19)20/h12-16,18H,7-11H2,1-6H3. The van der Waals surface area contributed by atoms with Gasteiger partial charge in [-0.05, 0) is 24.2 Å². The van der Waals surface area contributed by atoms with Crippen LogP contribution in [0.4, 0.5) is 0 Å². The lowest BCUT2D eigenvalue weighted by Crippen LogP contribution is -2.43. The van der Waals surface area contributed by atoms with Gasteiger partial charge in [-0.2, -0.15) is 0 Å². The van der Waals surface area contributed by atoms with E-state index in [4.69, 9.17) is 0 Å². The molecule has 3 atom stereocenters. The fourth-order valence-electron chi connectivity index (χ4n) is 3.09. The van der Waals surface area contributed by atoms with Gasteiger partial charge < -0.3 is 4.90 Å². The third-order valence-corrected chi connectivity index (χ3v) is 4.53. The van der Waals surface area contributed by atoms with Gasteiger partial charge in [0, 0.05) is 6.54 Å². The van der Waals surface area contributed by atoms with Crippen molar-refractivity contribution in [2.24, 2.45) is 17.8 Å². The van der Waals surface area contributed by atoms with E-state index in [0.717, 1.165) is 6.54 Å². The van der Waals surface area contributed by atoms with E-state index in [1.54, 1.807) is 0 Å². The topological polar surface area (TPSA) is 32.3 Å². The molecule has 1 N–H and O–H groups in total. The van der Waals surface area contributed by atoms with Crippen molar-refractivity contribution in [2.75, 3.05) is 6.54 Å². The Labute approximate surface area is 125 Å². The number of amides is 1. The van der Waals surface area contributed by atoms with E-state index in [-0.39, 0.29) is 12.2 Å². The van der Waals surface area contributed by atoms with Gasteiger partial charge in [0.2, 0.25) is 5.91 Å². The first-order valence-electron chi connectivity index (χ1n) is 8.48. The first kappa shape index (κ1) is 17.5. The highest BCUT2D eigenvalue weighted by Crippen LogP contribution is 2.25. The molecule has 0 aromatic heterocycles. The fraction of sp³-hybridized carbons (Fsp3) is 0.941. The molecule has 1 fully saturated rings. The Morgan fingerprint density at radius 1 is 1.15 bits per heavy atom. The monoisotopic (exact) mass is 282 g/mol. The molecule has 20 heavy (non-hydrogen) atoms. The number of rotatable bonds is 8. The molecule has 0 radical (unpaired) electrons. The molecule has 0 aromatic carbocycles. The summed E-state index contributed by atoms with van der Waals surface area (Å²) in [5.41, 5.74) is 0. The normalized spacial score (nSPS) is 25.0. The molecule has 1 amide bonds. The molecule has 1 aliphatic heterocycles. The number of hydrogen-bond acceptors (Lipinski definition) is 2. The third kappa shape index (κ3) is 4.21. The predicted octanol–water partition coefficient (Wildman–Crippen LogP) is 3.64. The van der Waals surface area contributed by atoms with Gasteiger partial charge in [0.25, 0.3) is 0 Å². The van der Waals surface area contributed by atoms with Crippen LogP contribution in [0, 0.1) is 17.8 Å². The quantitative estimate of drug-likeness (QED) is 0.737. The summed E-state index contributed by atoms with van der Waals surface area (Å²) in [4.78, 5) is 14.8. The van der Waals surface area contributed by atoms with Crippen molar-refractivity contribution in [2.45, 2.75) is 79.4 Å². The Morgan fingerprint density at radius 2 is 1.80 bits per heavy atom. The average molecular weight is 282 g/mol. The predicted molar refractivity (Wildman–Crippen MR) is 85.4 cm³/mol. The molecule has 0 saturated carbocycles. The number of carbonyl (C=O) groups excluding carboxylic acids is 1. The summed E-state index contributed by atoms with van der Waals surface area (Å²) in [6.45, 7) is 14.1. The summed E-state index contributed by atoms with van der Waals surface area (Å²) >= 11 is 0. The number of nitrogens with zero attached hydrogens (tertiary/aromatic N) is 1. The molecule has 0 bridgehead atoms. The maximum atomic E-state index is 12.7. The highest BCUT2D eigenvalue weighted by Gasteiger charge is 2.41. The molecule has 3 unspecified atom stereocenters. The van der Waals surface area contributed by atoms with Crippen molar-refractivity contribution in [1.29, 1.82) is 0 Å². The Bertz CT molecular complexity index is 301. The zero-order chi connectivity index (χ0) is 15.3. The van der Waals surface area contributed by atoms with Crippen LogP contribution in [0.3, 0.4) is 0 Å². The molecule has 3 heteroatoms. The lowest BCUT2D eigenvalue weighted by atomic mass is 9.97. The largest absolute Gasteiger partial charge is 0.325 e. The van der Waals surface area contributed by atoms with Gasteiger partial charge in [-0.15, -0.1) is 0 Å². The van der Waals surface area contributed by atoms with E-state index >= 15 is 0 Å². The first-order chi connectivity index (χ1) is 9.42. The minimum absolute atomic E-state index is 0.00563.